The summed E-state index contributed by atoms with van der Waals surface area (Å²) in [5, 5.41) is 12.5. The van der Waals surface area contributed by atoms with Gasteiger partial charge in [-0.25, -0.2) is 4.79 Å². The van der Waals surface area contributed by atoms with E-state index < -0.39 is 93.5 Å². The zero-order chi connectivity index (χ0) is 33.0. The number of benzene rings is 1. The van der Waals surface area contributed by atoms with E-state index in [9.17, 15) is 33.9 Å². The van der Waals surface area contributed by atoms with Crippen LogP contribution < -0.4 is 0 Å². The highest BCUT2D eigenvalue weighted by Crippen LogP contribution is 2.66. The van der Waals surface area contributed by atoms with Crippen molar-refractivity contribution in [3.8, 4) is 0 Å². The number of carbonyl (C=O) groups is 6. The number of aliphatic hydroxyl groups is 1. The second kappa shape index (κ2) is 11.3. The van der Waals surface area contributed by atoms with Crippen LogP contribution in [-0.2, 0) is 42.9 Å². The number of ether oxygens (including phenoxy) is 4. The zero-order valence-electron chi connectivity index (χ0n) is 26.1. The molecular formula is C33H40O11. The molecule has 0 amide bonds. The Balaban J connectivity index is 2.03. The molecule has 1 aromatic rings. The molecule has 3 saturated carbocycles. The number of hydrogen-bond donors (Lipinski definition) is 1. The quantitative estimate of drug-likeness (QED) is 0.286. The summed E-state index contributed by atoms with van der Waals surface area (Å²) in [7, 11) is 0. The average Bonchev–Trinajstić information content (AvgIpc) is 2.93. The first-order valence-electron chi connectivity index (χ1n) is 14.6. The van der Waals surface area contributed by atoms with Crippen molar-refractivity contribution in [2.24, 2.45) is 28.1 Å². The maximum absolute atomic E-state index is 14.3. The first-order valence-corrected chi connectivity index (χ1v) is 14.6. The second-order valence-corrected chi connectivity index (χ2v) is 13.2. The fraction of sp³-hybridized carbons (Fsp3) is 0.576. The van der Waals surface area contributed by atoms with E-state index in [1.165, 1.54) is 32.1 Å². The highest BCUT2D eigenvalue weighted by Gasteiger charge is 2.78. The van der Waals surface area contributed by atoms with E-state index in [1.54, 1.807) is 39.0 Å². The molecule has 44 heavy (non-hydrogen) atoms. The van der Waals surface area contributed by atoms with Gasteiger partial charge in [0.2, 0.25) is 0 Å². The highest BCUT2D eigenvalue weighted by molar-refractivity contribution is 6.06. The van der Waals surface area contributed by atoms with Gasteiger partial charge in [0.1, 0.15) is 24.1 Å². The molecule has 0 bridgehead atoms. The molecule has 238 valence electrons. The van der Waals surface area contributed by atoms with Crippen LogP contribution >= 0.6 is 0 Å². The number of carbonyl (C=O) groups excluding carboxylic acids is 6. The molecular weight excluding hydrogens is 572 g/mol. The predicted octanol–water partition coefficient (Wildman–Crippen LogP) is 3.15. The van der Waals surface area contributed by atoms with Crippen LogP contribution in [0.25, 0.3) is 0 Å². The van der Waals surface area contributed by atoms with Gasteiger partial charge in [-0.05, 0) is 31.4 Å². The molecule has 9 atom stereocenters. The molecule has 4 rings (SSSR count). The Morgan fingerprint density at radius 1 is 0.864 bits per heavy atom. The summed E-state index contributed by atoms with van der Waals surface area (Å²) in [6.45, 7) is 13.7. The van der Waals surface area contributed by atoms with E-state index in [4.69, 9.17) is 18.9 Å². The van der Waals surface area contributed by atoms with Crippen molar-refractivity contribution < 1.29 is 52.8 Å². The smallest absolute Gasteiger partial charge is 0.338 e. The van der Waals surface area contributed by atoms with Crippen LogP contribution in [0.1, 0.15) is 71.7 Å². The number of allylic oxidation sites excluding steroid dienone is 1. The fourth-order valence-corrected chi connectivity index (χ4v) is 8.15. The van der Waals surface area contributed by atoms with Crippen LogP contribution in [0.3, 0.4) is 0 Å². The Morgan fingerprint density at radius 3 is 1.95 bits per heavy atom. The third-order valence-electron chi connectivity index (χ3n) is 9.94. The number of fused-ring (bicyclic) bond motifs is 3. The van der Waals surface area contributed by atoms with Gasteiger partial charge in [-0.1, -0.05) is 45.0 Å². The Morgan fingerprint density at radius 2 is 1.43 bits per heavy atom. The van der Waals surface area contributed by atoms with Gasteiger partial charge in [0.25, 0.3) is 0 Å². The lowest BCUT2D eigenvalue weighted by atomic mass is 9.39. The third kappa shape index (κ3) is 5.04. The summed E-state index contributed by atoms with van der Waals surface area (Å²) in [6, 6.07) is 7.97. The molecule has 1 N–H and O–H groups in total. The van der Waals surface area contributed by atoms with Gasteiger partial charge in [-0.15, -0.1) is 6.58 Å². The molecule has 3 aliphatic carbocycles. The second-order valence-electron chi connectivity index (χ2n) is 13.2. The Hall–Kier alpha value is -3.86. The first kappa shape index (κ1) is 33.0. The van der Waals surface area contributed by atoms with E-state index in [2.05, 4.69) is 6.58 Å². The van der Waals surface area contributed by atoms with Crippen molar-refractivity contribution in [2.75, 3.05) is 0 Å². The lowest BCUT2D eigenvalue weighted by Gasteiger charge is -2.67. The molecule has 0 aromatic heterocycles. The minimum atomic E-state index is -2.56. The Labute approximate surface area is 256 Å². The minimum absolute atomic E-state index is 0.150. The Bertz CT molecular complexity index is 1400. The predicted molar refractivity (Wildman–Crippen MR) is 154 cm³/mol. The number of Topliss-reactive ketones (excluding diaryl/α,β-unsaturated/α-hetero) is 2. The largest absolute Gasteiger partial charge is 0.459 e. The van der Waals surface area contributed by atoms with Crippen LogP contribution in [0.4, 0.5) is 0 Å². The average molecular weight is 613 g/mol. The normalized spacial score (nSPS) is 37.5. The van der Waals surface area contributed by atoms with Gasteiger partial charge in [0.15, 0.2) is 17.5 Å². The molecule has 11 heteroatoms. The van der Waals surface area contributed by atoms with Crippen LogP contribution in [0.5, 0.6) is 0 Å². The molecule has 3 aliphatic rings. The first-order chi connectivity index (χ1) is 20.3. The minimum Gasteiger partial charge on any atom is -0.459 e. The van der Waals surface area contributed by atoms with Crippen molar-refractivity contribution in [2.45, 2.75) is 91.3 Å². The number of esters is 4. The van der Waals surface area contributed by atoms with Crippen molar-refractivity contribution in [3.63, 3.8) is 0 Å². The Kier molecular flexibility index (Phi) is 8.45. The summed E-state index contributed by atoms with van der Waals surface area (Å²) < 4.78 is 23.3. The van der Waals surface area contributed by atoms with Crippen LogP contribution in [0.2, 0.25) is 0 Å². The summed E-state index contributed by atoms with van der Waals surface area (Å²) in [6.07, 6.45) is -4.84. The van der Waals surface area contributed by atoms with Crippen LogP contribution in [0, 0.1) is 28.1 Å². The number of hydrogen-bond acceptors (Lipinski definition) is 11. The molecule has 0 heterocycles. The molecule has 0 saturated heterocycles. The molecule has 0 spiro atoms. The summed E-state index contributed by atoms with van der Waals surface area (Å²) in [5.41, 5.74) is -6.64. The summed E-state index contributed by atoms with van der Waals surface area (Å²) in [5.74, 6) is -6.79. The number of rotatable bonds is 6. The zero-order valence-corrected chi connectivity index (χ0v) is 26.1. The monoisotopic (exact) mass is 612 g/mol. The standard InChI is InChI=1S/C33H40O11/c1-9-31(7)16-21(37)25-32(8)22(15-23(41-17(2)34)33(25,40)29(31)39)30(5,6)26(43-19(4)36)24(42-18(3)35)27(32)44-28(38)20-13-11-10-12-14-20/h9-14,22-27,40H,1,15-16H2,2-8H3/t22-,23+,24-,25+,26+,27-,31+,32-,33-/m0/s1. The van der Waals surface area contributed by atoms with Gasteiger partial charge in [0, 0.05) is 38.0 Å². The molecule has 1 aromatic carbocycles. The van der Waals surface area contributed by atoms with Crippen molar-refractivity contribution in [1.82, 2.24) is 0 Å². The molecule has 3 fully saturated rings. The third-order valence-corrected chi connectivity index (χ3v) is 9.94. The van der Waals surface area contributed by atoms with Crippen molar-refractivity contribution >= 4 is 35.4 Å². The van der Waals surface area contributed by atoms with Gasteiger partial charge >= 0.3 is 23.9 Å². The van der Waals surface area contributed by atoms with Crippen LogP contribution in [0.15, 0.2) is 43.0 Å². The molecule has 0 radical (unpaired) electrons. The SMILES string of the molecule is C=C[C@]1(C)CC(=O)[C@H]2[C@](O)(C1=O)[C@H](OC(C)=O)C[C@H]1C(C)(C)[C@H](OC(C)=O)[C@H](OC(C)=O)[C@H](OC(=O)c3ccccc3)[C@@]12C. The highest BCUT2D eigenvalue weighted by atomic mass is 16.6. The van der Waals surface area contributed by atoms with E-state index >= 15 is 0 Å². The fourth-order valence-electron chi connectivity index (χ4n) is 8.15. The van der Waals surface area contributed by atoms with Crippen molar-refractivity contribution in [1.29, 1.82) is 0 Å². The van der Waals surface area contributed by atoms with E-state index in [0.29, 0.717) is 0 Å². The maximum Gasteiger partial charge on any atom is 0.338 e. The van der Waals surface area contributed by atoms with Gasteiger partial charge in [-0.3, -0.25) is 24.0 Å². The topological polar surface area (TPSA) is 160 Å². The molecule has 11 nitrogen and oxygen atoms in total. The summed E-state index contributed by atoms with van der Waals surface area (Å²) in [4.78, 5) is 79.5. The van der Waals surface area contributed by atoms with E-state index in [-0.39, 0.29) is 18.4 Å². The van der Waals surface area contributed by atoms with Crippen LogP contribution in [-0.4, -0.2) is 70.6 Å². The van der Waals surface area contributed by atoms with Gasteiger partial charge in [0.05, 0.1) is 16.9 Å². The van der Waals surface area contributed by atoms with E-state index in [0.717, 1.165) is 13.8 Å². The lowest BCUT2D eigenvalue weighted by Crippen LogP contribution is -2.80. The van der Waals surface area contributed by atoms with Gasteiger partial charge < -0.3 is 24.1 Å². The van der Waals surface area contributed by atoms with E-state index in [1.807, 2.05) is 0 Å². The molecule has 0 aliphatic heterocycles. The summed E-state index contributed by atoms with van der Waals surface area (Å²) >= 11 is 0. The molecule has 0 unspecified atom stereocenters. The number of ketones is 2. The van der Waals surface area contributed by atoms with Crippen molar-refractivity contribution in [3.05, 3.63) is 48.6 Å². The lowest BCUT2D eigenvalue weighted by molar-refractivity contribution is -0.295. The maximum atomic E-state index is 14.3. The van der Waals surface area contributed by atoms with Gasteiger partial charge in [-0.2, -0.15) is 0 Å².